The molecule has 0 aromatic heterocycles. The molecule has 2 saturated heterocycles. The molecule has 2 heterocycles. The van der Waals surface area contributed by atoms with E-state index in [-0.39, 0.29) is 22.9 Å². The van der Waals surface area contributed by atoms with Crippen LogP contribution in [-0.2, 0) is 9.53 Å². The Morgan fingerprint density at radius 1 is 1.07 bits per heavy atom. The predicted octanol–water partition coefficient (Wildman–Crippen LogP) is 4.65. The van der Waals surface area contributed by atoms with E-state index >= 15 is 0 Å². The van der Waals surface area contributed by atoms with Crippen molar-refractivity contribution in [2.24, 2.45) is 23.7 Å². The summed E-state index contributed by atoms with van der Waals surface area (Å²) < 4.78 is 5.87. The molecule has 0 radical (unpaired) electrons. The third-order valence-corrected chi connectivity index (χ3v) is 9.22. The van der Waals surface area contributed by atoms with Gasteiger partial charge < -0.3 is 4.74 Å². The smallest absolute Gasteiger partial charge is 0.310 e. The van der Waals surface area contributed by atoms with Crippen LogP contribution in [0.4, 0.5) is 0 Å². The maximum absolute atomic E-state index is 13.3. The molecule has 170 valence electrons. The molecular formula is C23H37ClN2O4. The average Bonchev–Trinajstić information content (AvgIpc) is 2.97. The second kappa shape index (κ2) is 9.72. The van der Waals surface area contributed by atoms with E-state index in [1.54, 1.807) is 0 Å². The molecule has 30 heavy (non-hydrogen) atoms. The Bertz CT molecular complexity index is 616. The van der Waals surface area contributed by atoms with Crippen molar-refractivity contribution in [1.82, 2.24) is 4.90 Å². The van der Waals surface area contributed by atoms with E-state index in [1.807, 2.05) is 0 Å². The monoisotopic (exact) mass is 440 g/mol. The fraction of sp³-hybridized carbons (Fsp3) is 0.957. The molecule has 4 atom stereocenters. The number of halogens is 1. The van der Waals surface area contributed by atoms with E-state index in [9.17, 15) is 14.9 Å². The molecule has 0 spiro atoms. The van der Waals surface area contributed by atoms with Gasteiger partial charge in [-0.3, -0.25) is 19.8 Å². The van der Waals surface area contributed by atoms with Crippen molar-refractivity contribution in [2.75, 3.05) is 13.7 Å². The summed E-state index contributed by atoms with van der Waals surface area (Å²) in [5, 5.41) is 11.2. The lowest BCUT2D eigenvalue weighted by atomic mass is 9.68. The number of ether oxygens (including phenoxy) is 1. The fourth-order valence-electron chi connectivity index (χ4n) is 6.90. The highest BCUT2D eigenvalue weighted by atomic mass is 35.5. The number of alkyl halides is 1. The zero-order valence-corrected chi connectivity index (χ0v) is 19.0. The van der Waals surface area contributed by atoms with E-state index in [4.69, 9.17) is 16.3 Å². The zero-order chi connectivity index (χ0) is 21.3. The lowest BCUT2D eigenvalue weighted by Gasteiger charge is -2.46. The quantitative estimate of drug-likeness (QED) is 0.260. The Hall–Kier alpha value is -0.880. The molecule has 4 fully saturated rings. The van der Waals surface area contributed by atoms with Crippen LogP contribution in [0.15, 0.2) is 0 Å². The summed E-state index contributed by atoms with van der Waals surface area (Å²) in [6.45, 7) is 0.462. The molecule has 2 aliphatic carbocycles. The summed E-state index contributed by atoms with van der Waals surface area (Å²) in [6, 6.07) is 0.570. The number of carbonyl (C=O) groups excluding carboxylic acids is 1. The summed E-state index contributed by atoms with van der Waals surface area (Å²) in [4.78, 5) is 26.5. The van der Waals surface area contributed by atoms with E-state index in [1.165, 1.54) is 6.42 Å². The van der Waals surface area contributed by atoms with Crippen LogP contribution in [0.3, 0.4) is 0 Å². The van der Waals surface area contributed by atoms with Gasteiger partial charge in [0.05, 0.1) is 12.5 Å². The topological polar surface area (TPSA) is 72.7 Å². The first-order valence-electron chi connectivity index (χ1n) is 12.1. The van der Waals surface area contributed by atoms with E-state index < -0.39 is 0 Å². The minimum Gasteiger partial charge on any atom is -0.465 e. The molecule has 1 unspecified atom stereocenters. The lowest BCUT2D eigenvalue weighted by molar-refractivity contribution is -0.527. The van der Waals surface area contributed by atoms with Crippen LogP contribution in [0.5, 0.6) is 0 Å². The number of hydrogen-bond acceptors (Lipinski definition) is 5. The molecule has 4 aliphatic rings. The molecule has 7 heteroatoms. The van der Waals surface area contributed by atoms with Crippen LogP contribution in [0.25, 0.3) is 0 Å². The molecular weight excluding hydrogens is 404 g/mol. The van der Waals surface area contributed by atoms with Gasteiger partial charge in [-0.2, -0.15) is 0 Å². The molecule has 0 aromatic rings. The molecule has 2 aliphatic heterocycles. The van der Waals surface area contributed by atoms with Crippen molar-refractivity contribution >= 4 is 17.6 Å². The Labute approximate surface area is 185 Å². The molecule has 0 aromatic carbocycles. The van der Waals surface area contributed by atoms with Gasteiger partial charge in [0.15, 0.2) is 0 Å². The van der Waals surface area contributed by atoms with Crippen molar-refractivity contribution in [2.45, 2.75) is 101 Å². The SMILES string of the molecule is CN1C2CC[C@@H]1C[C@H](C1CCC(Cl)CC1)[C@@H]2C(=O)OCCC1CCC([N+](=O)[O-])CC1. The minimum absolute atomic E-state index is 0.00385. The number of nitrogens with zero attached hydrogens (tertiary/aromatic N) is 2. The number of nitro groups is 1. The highest BCUT2D eigenvalue weighted by Crippen LogP contribution is 2.48. The Morgan fingerprint density at radius 2 is 1.77 bits per heavy atom. The summed E-state index contributed by atoms with van der Waals surface area (Å²) in [6.07, 6.45) is 11.8. The van der Waals surface area contributed by atoms with Crippen molar-refractivity contribution in [3.05, 3.63) is 10.1 Å². The largest absolute Gasteiger partial charge is 0.465 e. The molecule has 0 amide bonds. The number of piperidine rings is 1. The second-order valence-electron chi connectivity index (χ2n) is 10.3. The van der Waals surface area contributed by atoms with E-state index in [0.29, 0.717) is 54.7 Å². The van der Waals surface area contributed by atoms with Gasteiger partial charge >= 0.3 is 5.97 Å². The van der Waals surface area contributed by atoms with Crippen molar-refractivity contribution in [3.8, 4) is 0 Å². The van der Waals surface area contributed by atoms with Crippen LogP contribution >= 0.6 is 11.6 Å². The van der Waals surface area contributed by atoms with E-state index in [0.717, 1.165) is 57.8 Å². The van der Waals surface area contributed by atoms with Crippen molar-refractivity contribution < 1.29 is 14.5 Å². The number of hydrogen-bond donors (Lipinski definition) is 0. The fourth-order valence-corrected chi connectivity index (χ4v) is 7.15. The van der Waals surface area contributed by atoms with Crippen LogP contribution in [-0.4, -0.2) is 52.9 Å². The summed E-state index contributed by atoms with van der Waals surface area (Å²) in [7, 11) is 2.18. The average molecular weight is 441 g/mol. The zero-order valence-electron chi connectivity index (χ0n) is 18.2. The van der Waals surface area contributed by atoms with Gasteiger partial charge in [0.25, 0.3) is 0 Å². The standard InChI is InChI=1S/C23H37ClN2O4/c1-25-19-10-11-21(25)22(20(14-19)16-4-6-17(24)7-5-16)23(27)30-13-12-15-2-8-18(9-3-15)26(28)29/h15-22H,2-14H2,1H3/t15?,16?,17?,18?,19-,20-,21?,22+/m1/s1. The van der Waals surface area contributed by atoms with Gasteiger partial charge in [-0.25, -0.2) is 0 Å². The number of rotatable bonds is 6. The van der Waals surface area contributed by atoms with Gasteiger partial charge in [-0.1, -0.05) is 0 Å². The lowest BCUT2D eigenvalue weighted by Crippen LogP contribution is -2.52. The third-order valence-electron chi connectivity index (χ3n) is 8.78. The first kappa shape index (κ1) is 22.3. The Balaban J connectivity index is 1.31. The summed E-state index contributed by atoms with van der Waals surface area (Å²) >= 11 is 6.34. The van der Waals surface area contributed by atoms with Crippen LogP contribution in [0.2, 0.25) is 0 Å². The van der Waals surface area contributed by atoms with Gasteiger partial charge in [-0.05, 0) is 89.0 Å². The first-order valence-corrected chi connectivity index (χ1v) is 12.5. The normalized spacial score (nSPS) is 42.1. The second-order valence-corrected chi connectivity index (χ2v) is 10.9. The van der Waals surface area contributed by atoms with Gasteiger partial charge in [-0.15, -0.1) is 11.6 Å². The van der Waals surface area contributed by atoms with Crippen molar-refractivity contribution in [1.29, 1.82) is 0 Å². The first-order chi connectivity index (χ1) is 14.4. The Morgan fingerprint density at radius 3 is 2.43 bits per heavy atom. The van der Waals surface area contributed by atoms with Gasteiger partial charge in [0.1, 0.15) is 0 Å². The van der Waals surface area contributed by atoms with E-state index in [2.05, 4.69) is 11.9 Å². The highest BCUT2D eigenvalue weighted by Gasteiger charge is 2.51. The highest BCUT2D eigenvalue weighted by molar-refractivity contribution is 6.20. The molecule has 6 nitrogen and oxygen atoms in total. The van der Waals surface area contributed by atoms with Crippen LogP contribution in [0, 0.1) is 33.8 Å². The molecule has 4 rings (SSSR count). The summed E-state index contributed by atoms with van der Waals surface area (Å²) in [5.74, 6) is 1.49. The van der Waals surface area contributed by atoms with Crippen LogP contribution in [0.1, 0.15) is 77.0 Å². The van der Waals surface area contributed by atoms with Crippen LogP contribution < -0.4 is 0 Å². The summed E-state index contributed by atoms with van der Waals surface area (Å²) in [5.41, 5.74) is 0. The minimum atomic E-state index is -0.374. The predicted molar refractivity (Wildman–Crippen MR) is 116 cm³/mol. The van der Waals surface area contributed by atoms with Crippen molar-refractivity contribution in [3.63, 3.8) is 0 Å². The molecule has 0 N–H and O–H groups in total. The molecule has 2 bridgehead atoms. The van der Waals surface area contributed by atoms with Gasteiger partial charge in [0.2, 0.25) is 6.04 Å². The number of carbonyl (C=O) groups is 1. The van der Waals surface area contributed by atoms with Gasteiger partial charge in [0, 0.05) is 35.2 Å². The Kier molecular flexibility index (Phi) is 7.23. The number of fused-ring (bicyclic) bond motifs is 2. The number of esters is 1. The molecule has 2 saturated carbocycles. The maximum atomic E-state index is 13.3. The third kappa shape index (κ3) is 4.79. The maximum Gasteiger partial charge on any atom is 0.310 e.